The van der Waals surface area contributed by atoms with Gasteiger partial charge < -0.3 is 16.2 Å². The normalized spacial score (nSPS) is 25.2. The number of nitrogens with one attached hydrogen (secondary N) is 1. The van der Waals surface area contributed by atoms with Crippen LogP contribution < -0.4 is 11.1 Å². The van der Waals surface area contributed by atoms with Crippen molar-refractivity contribution in [3.8, 4) is 0 Å². The first kappa shape index (κ1) is 18.4. The quantitative estimate of drug-likeness (QED) is 0.685. The van der Waals surface area contributed by atoms with Crippen molar-refractivity contribution in [1.29, 1.82) is 0 Å². The molecule has 0 spiro atoms. The number of carbonyl (C=O) groups is 3. The lowest BCUT2D eigenvalue weighted by Crippen LogP contribution is -2.76. The van der Waals surface area contributed by atoms with Gasteiger partial charge >= 0.3 is 5.97 Å². The van der Waals surface area contributed by atoms with E-state index in [0.29, 0.717) is 12.0 Å². The Hall–Kier alpha value is -2.38. The van der Waals surface area contributed by atoms with Gasteiger partial charge in [-0.3, -0.25) is 14.5 Å². The van der Waals surface area contributed by atoms with Gasteiger partial charge in [0, 0.05) is 5.03 Å². The molecular formula is C18H20ClN3O4. The van der Waals surface area contributed by atoms with Gasteiger partial charge in [0.2, 0.25) is 5.91 Å². The van der Waals surface area contributed by atoms with E-state index in [2.05, 4.69) is 5.32 Å². The summed E-state index contributed by atoms with van der Waals surface area (Å²) in [5.41, 5.74) is 5.92. The lowest BCUT2D eigenvalue weighted by atomic mass is 9.69. The molecule has 2 aliphatic heterocycles. The Labute approximate surface area is 155 Å². The number of carboxylic acids is 1. The summed E-state index contributed by atoms with van der Waals surface area (Å²) in [4.78, 5) is 37.7. The van der Waals surface area contributed by atoms with E-state index >= 15 is 0 Å². The van der Waals surface area contributed by atoms with Crippen LogP contribution in [0.1, 0.15) is 31.9 Å². The highest BCUT2D eigenvalue weighted by molar-refractivity contribution is 6.32. The van der Waals surface area contributed by atoms with Crippen molar-refractivity contribution < 1.29 is 19.5 Å². The number of rotatable bonds is 4. The van der Waals surface area contributed by atoms with Crippen molar-refractivity contribution >= 4 is 29.4 Å². The molecule has 1 aromatic carbocycles. The molecule has 0 bridgehead atoms. The van der Waals surface area contributed by atoms with Crippen LogP contribution in [0.3, 0.4) is 0 Å². The van der Waals surface area contributed by atoms with Gasteiger partial charge in [0.05, 0.1) is 6.04 Å². The van der Waals surface area contributed by atoms with E-state index < -0.39 is 41.3 Å². The molecule has 3 atom stereocenters. The van der Waals surface area contributed by atoms with Crippen molar-refractivity contribution in [2.45, 2.75) is 38.4 Å². The van der Waals surface area contributed by atoms with Crippen molar-refractivity contribution in [3.05, 3.63) is 46.6 Å². The molecule has 2 heterocycles. The second kappa shape index (κ2) is 6.41. The number of allylic oxidation sites excluding steroid dienone is 1. The van der Waals surface area contributed by atoms with Crippen molar-refractivity contribution in [3.63, 3.8) is 0 Å². The van der Waals surface area contributed by atoms with Gasteiger partial charge in [-0.05, 0) is 17.4 Å². The van der Waals surface area contributed by atoms with Gasteiger partial charge in [0.15, 0.2) is 0 Å². The largest absolute Gasteiger partial charge is 0.477 e. The fourth-order valence-corrected chi connectivity index (χ4v) is 4.19. The highest BCUT2D eigenvalue weighted by Gasteiger charge is 2.60. The van der Waals surface area contributed by atoms with Crippen LogP contribution in [-0.2, 0) is 14.4 Å². The molecule has 0 saturated carbocycles. The third-order valence-electron chi connectivity index (χ3n) is 4.95. The van der Waals surface area contributed by atoms with Crippen LogP contribution in [0.5, 0.6) is 0 Å². The second-order valence-electron chi connectivity index (χ2n) is 7.25. The summed E-state index contributed by atoms with van der Waals surface area (Å²) in [5, 5.41) is 12.2. The fraction of sp³-hybridized carbons (Fsp3) is 0.389. The molecule has 0 aromatic heterocycles. The number of aliphatic carboxylic acids is 1. The van der Waals surface area contributed by atoms with Gasteiger partial charge in [-0.25, -0.2) is 4.79 Å². The van der Waals surface area contributed by atoms with E-state index in [1.807, 2.05) is 19.9 Å². The molecule has 3 rings (SSSR count). The standard InChI is InChI=1S/C18H20ClN3O4/c1-18(2)8-10(19)13(17(25)26)22-14(18)12(16(22)24)21-15(23)11(20)9-6-4-3-5-7-9/h3-7,11-12,14H,8,20H2,1-2H3,(H,21,23)(H,25,26)/t11-,12?,14?/m0/s1. The Morgan fingerprint density at radius 3 is 2.54 bits per heavy atom. The molecule has 8 heteroatoms. The van der Waals surface area contributed by atoms with E-state index in [0.717, 1.165) is 0 Å². The molecule has 7 nitrogen and oxygen atoms in total. The van der Waals surface area contributed by atoms with Crippen molar-refractivity contribution in [2.75, 3.05) is 0 Å². The topological polar surface area (TPSA) is 113 Å². The van der Waals surface area contributed by atoms with Crippen LogP contribution in [0.15, 0.2) is 41.1 Å². The Morgan fingerprint density at radius 1 is 1.35 bits per heavy atom. The van der Waals surface area contributed by atoms with Gasteiger partial charge in [-0.15, -0.1) is 0 Å². The highest BCUT2D eigenvalue weighted by Crippen LogP contribution is 2.48. The number of nitrogens with two attached hydrogens (primary N) is 1. The number of nitrogens with zero attached hydrogens (tertiary/aromatic N) is 1. The molecule has 2 amide bonds. The molecule has 0 aliphatic carbocycles. The molecule has 0 radical (unpaired) electrons. The third kappa shape index (κ3) is 2.87. The molecule has 1 aromatic rings. The monoisotopic (exact) mass is 377 g/mol. The minimum atomic E-state index is -1.25. The van der Waals surface area contributed by atoms with Gasteiger partial charge in [-0.1, -0.05) is 55.8 Å². The SMILES string of the molecule is CC1(C)CC(Cl)=C(C(=O)O)N2C(=O)C(NC(=O)[C@@H](N)c3ccccc3)C21. The van der Waals surface area contributed by atoms with Gasteiger partial charge in [0.1, 0.15) is 17.8 Å². The lowest BCUT2D eigenvalue weighted by Gasteiger charge is -2.56. The van der Waals surface area contributed by atoms with Crippen LogP contribution in [0.25, 0.3) is 0 Å². The molecule has 1 saturated heterocycles. The maximum absolute atomic E-state index is 12.6. The number of carboxylic acid groups (broad SMARTS) is 1. The fourth-order valence-electron chi connectivity index (χ4n) is 3.67. The van der Waals surface area contributed by atoms with E-state index in [1.165, 1.54) is 4.90 Å². The summed E-state index contributed by atoms with van der Waals surface area (Å²) in [5.74, 6) is -2.23. The summed E-state index contributed by atoms with van der Waals surface area (Å²) in [6.07, 6.45) is 0.307. The Morgan fingerprint density at radius 2 is 1.96 bits per heavy atom. The van der Waals surface area contributed by atoms with Crippen LogP contribution in [0.2, 0.25) is 0 Å². The molecule has 138 valence electrons. The maximum Gasteiger partial charge on any atom is 0.353 e. The number of benzene rings is 1. The first-order chi connectivity index (χ1) is 12.1. The van der Waals surface area contributed by atoms with E-state index in [4.69, 9.17) is 17.3 Å². The molecule has 1 fully saturated rings. The number of halogens is 1. The summed E-state index contributed by atoms with van der Waals surface area (Å²) in [6, 6.07) is 6.59. The minimum Gasteiger partial charge on any atom is -0.477 e. The first-order valence-electron chi connectivity index (χ1n) is 8.21. The zero-order valence-electron chi connectivity index (χ0n) is 14.4. The van der Waals surface area contributed by atoms with Crippen LogP contribution in [-0.4, -0.2) is 39.9 Å². The zero-order chi connectivity index (χ0) is 19.2. The van der Waals surface area contributed by atoms with Crippen molar-refractivity contribution in [1.82, 2.24) is 10.2 Å². The number of fused-ring (bicyclic) bond motifs is 1. The van der Waals surface area contributed by atoms with E-state index in [9.17, 15) is 19.5 Å². The second-order valence-corrected chi connectivity index (χ2v) is 7.71. The highest BCUT2D eigenvalue weighted by atomic mass is 35.5. The first-order valence-corrected chi connectivity index (χ1v) is 8.59. The van der Waals surface area contributed by atoms with Crippen molar-refractivity contribution in [2.24, 2.45) is 11.1 Å². The number of hydrogen-bond acceptors (Lipinski definition) is 4. The lowest BCUT2D eigenvalue weighted by molar-refractivity contribution is -0.162. The van der Waals surface area contributed by atoms with E-state index in [1.54, 1.807) is 24.3 Å². The molecular weight excluding hydrogens is 358 g/mol. The average molecular weight is 378 g/mol. The van der Waals surface area contributed by atoms with E-state index in [-0.39, 0.29) is 10.7 Å². The number of β-lactam (4-membered cyclic amide) rings is 1. The third-order valence-corrected chi connectivity index (χ3v) is 5.26. The van der Waals surface area contributed by atoms with Gasteiger partial charge in [0.25, 0.3) is 5.91 Å². The Kier molecular flexibility index (Phi) is 4.54. The summed E-state index contributed by atoms with van der Waals surface area (Å²) >= 11 is 6.10. The summed E-state index contributed by atoms with van der Waals surface area (Å²) in [7, 11) is 0. The Bertz CT molecular complexity index is 806. The average Bonchev–Trinajstić information content (AvgIpc) is 2.58. The van der Waals surface area contributed by atoms with Crippen LogP contribution in [0, 0.1) is 5.41 Å². The number of hydrogen-bond donors (Lipinski definition) is 3. The molecule has 2 unspecified atom stereocenters. The summed E-state index contributed by atoms with van der Waals surface area (Å²) < 4.78 is 0. The van der Waals surface area contributed by atoms with Crippen LogP contribution in [0.4, 0.5) is 0 Å². The number of carbonyl (C=O) groups excluding carboxylic acids is 2. The molecule has 4 N–H and O–H groups in total. The van der Waals surface area contributed by atoms with Crippen LogP contribution >= 0.6 is 11.6 Å². The molecule has 26 heavy (non-hydrogen) atoms. The zero-order valence-corrected chi connectivity index (χ0v) is 15.2. The minimum absolute atomic E-state index is 0.137. The molecule has 2 aliphatic rings. The Balaban J connectivity index is 1.82. The van der Waals surface area contributed by atoms with Gasteiger partial charge in [-0.2, -0.15) is 0 Å². The predicted octanol–water partition coefficient (Wildman–Crippen LogP) is 1.35. The smallest absolute Gasteiger partial charge is 0.353 e. The predicted molar refractivity (Wildman–Crippen MR) is 94.8 cm³/mol. The number of amides is 2. The maximum atomic E-state index is 12.6. The summed E-state index contributed by atoms with van der Waals surface area (Å²) in [6.45, 7) is 3.77.